The molecule has 0 aromatic heterocycles. The minimum absolute atomic E-state index is 0.0262. The SMILES string of the molecule is C=C(C)/C=C(\C)C(N(C)N(C)C/C=C/CC/C(F)=C/F)C(C)(C)C. The number of hydrogen-bond donors (Lipinski definition) is 0. The maximum absolute atomic E-state index is 12.7. The maximum Gasteiger partial charge on any atom is 0.128 e. The van der Waals surface area contributed by atoms with Crippen molar-refractivity contribution in [2.45, 2.75) is 53.5 Å². The van der Waals surface area contributed by atoms with Gasteiger partial charge < -0.3 is 0 Å². The third kappa shape index (κ3) is 8.55. The second-order valence-corrected chi connectivity index (χ2v) is 7.48. The molecule has 0 aromatic rings. The van der Waals surface area contributed by atoms with Crippen LogP contribution in [0.15, 0.2) is 48.1 Å². The molecule has 0 aliphatic carbocycles. The Morgan fingerprint density at radius 3 is 2.21 bits per heavy atom. The summed E-state index contributed by atoms with van der Waals surface area (Å²) in [5.41, 5.74) is 2.38. The molecule has 24 heavy (non-hydrogen) atoms. The molecule has 138 valence electrons. The number of hydrogen-bond acceptors (Lipinski definition) is 2. The zero-order valence-corrected chi connectivity index (χ0v) is 16.4. The summed E-state index contributed by atoms with van der Waals surface area (Å²) in [6.07, 6.45) is 6.63. The van der Waals surface area contributed by atoms with Crippen LogP contribution in [0.1, 0.15) is 47.5 Å². The second kappa shape index (κ2) is 10.6. The molecule has 0 rings (SSSR count). The van der Waals surface area contributed by atoms with Crippen LogP contribution < -0.4 is 0 Å². The summed E-state index contributed by atoms with van der Waals surface area (Å²) in [6, 6.07) is 0.236. The molecule has 0 aromatic carbocycles. The molecule has 0 amide bonds. The van der Waals surface area contributed by atoms with Crippen LogP contribution in [0.5, 0.6) is 0 Å². The fourth-order valence-electron chi connectivity index (χ4n) is 2.95. The van der Waals surface area contributed by atoms with Crippen molar-refractivity contribution in [1.82, 2.24) is 10.0 Å². The van der Waals surface area contributed by atoms with Crippen molar-refractivity contribution in [2.75, 3.05) is 20.6 Å². The lowest BCUT2D eigenvalue weighted by molar-refractivity contribution is -0.0292. The highest BCUT2D eigenvalue weighted by Crippen LogP contribution is 2.30. The number of nitrogens with zero attached hydrogens (tertiary/aromatic N) is 2. The summed E-state index contributed by atoms with van der Waals surface area (Å²) in [5.74, 6) is -0.710. The third-order valence-electron chi connectivity index (χ3n) is 3.84. The Hall–Kier alpha value is -1.26. The van der Waals surface area contributed by atoms with Gasteiger partial charge in [0.15, 0.2) is 0 Å². The number of rotatable bonds is 9. The standard InChI is InChI=1S/C20H34F2N2/c1-16(2)14-17(3)19(20(4,5)6)24(8)23(7)13-11-9-10-12-18(22)15-21/h9,11,14-15,19H,1,10,12-13H2,2-8H3/b11-9+,17-14+,18-15-. The molecule has 0 radical (unpaired) electrons. The molecular formula is C20H34F2N2. The first-order valence-corrected chi connectivity index (χ1v) is 8.38. The molecule has 0 aliphatic heterocycles. The predicted octanol–water partition coefficient (Wildman–Crippen LogP) is 5.82. The topological polar surface area (TPSA) is 6.48 Å². The Morgan fingerprint density at radius 2 is 1.75 bits per heavy atom. The van der Waals surface area contributed by atoms with E-state index in [1.165, 1.54) is 5.57 Å². The molecule has 0 fully saturated rings. The molecule has 0 saturated carbocycles. The van der Waals surface area contributed by atoms with Crippen molar-refractivity contribution in [3.05, 3.63) is 48.1 Å². The predicted molar refractivity (Wildman–Crippen MR) is 101 cm³/mol. The first-order chi connectivity index (χ1) is 11.0. The molecule has 0 heterocycles. The Balaban J connectivity index is 4.88. The van der Waals surface area contributed by atoms with Crippen LogP contribution in [0, 0.1) is 5.41 Å². The highest BCUT2D eigenvalue weighted by molar-refractivity contribution is 5.22. The summed E-state index contributed by atoms with van der Waals surface area (Å²) in [5, 5.41) is 4.35. The summed E-state index contributed by atoms with van der Waals surface area (Å²) in [4.78, 5) is 0. The minimum atomic E-state index is -0.710. The lowest BCUT2D eigenvalue weighted by Gasteiger charge is -2.43. The van der Waals surface area contributed by atoms with Crippen LogP contribution >= 0.6 is 0 Å². The fourth-order valence-corrected chi connectivity index (χ4v) is 2.95. The zero-order chi connectivity index (χ0) is 18.9. The van der Waals surface area contributed by atoms with E-state index in [2.05, 4.69) is 57.4 Å². The molecule has 1 atom stereocenters. The number of allylic oxidation sites excluding steroid dienone is 4. The van der Waals surface area contributed by atoms with Gasteiger partial charge in [-0.25, -0.2) is 18.8 Å². The highest BCUT2D eigenvalue weighted by atomic mass is 19.2. The van der Waals surface area contributed by atoms with E-state index in [9.17, 15) is 8.78 Å². The largest absolute Gasteiger partial charge is 0.241 e. The quantitative estimate of drug-likeness (QED) is 0.296. The Kier molecular flexibility index (Phi) is 10.0. The van der Waals surface area contributed by atoms with Crippen molar-refractivity contribution in [2.24, 2.45) is 5.41 Å². The number of hydrazine groups is 1. The Bertz CT molecular complexity index is 484. The summed E-state index contributed by atoms with van der Waals surface area (Å²) in [6.45, 7) is 15.5. The van der Waals surface area contributed by atoms with Gasteiger partial charge in [-0.1, -0.05) is 56.7 Å². The average Bonchev–Trinajstić information content (AvgIpc) is 2.43. The molecular weight excluding hydrogens is 306 g/mol. The molecule has 0 N–H and O–H groups in total. The minimum Gasteiger partial charge on any atom is -0.241 e. The van der Waals surface area contributed by atoms with Gasteiger partial charge in [-0.2, -0.15) is 0 Å². The Labute approximate surface area is 147 Å². The summed E-state index contributed by atoms with van der Waals surface area (Å²) < 4.78 is 24.6. The number of halogens is 2. The molecule has 2 nitrogen and oxygen atoms in total. The van der Waals surface area contributed by atoms with Crippen molar-refractivity contribution in [3.8, 4) is 0 Å². The second-order valence-electron chi connectivity index (χ2n) is 7.48. The third-order valence-corrected chi connectivity index (χ3v) is 3.84. The first kappa shape index (κ1) is 22.7. The van der Waals surface area contributed by atoms with Crippen molar-refractivity contribution in [3.63, 3.8) is 0 Å². The van der Waals surface area contributed by atoms with E-state index < -0.39 is 5.83 Å². The van der Waals surface area contributed by atoms with E-state index in [1.54, 1.807) is 0 Å². The van der Waals surface area contributed by atoms with Gasteiger partial charge in [0.2, 0.25) is 0 Å². The van der Waals surface area contributed by atoms with Crippen LogP contribution in [0.3, 0.4) is 0 Å². The van der Waals surface area contributed by atoms with Crippen LogP contribution in [0.25, 0.3) is 0 Å². The van der Waals surface area contributed by atoms with Gasteiger partial charge in [0.05, 0.1) is 6.04 Å². The smallest absolute Gasteiger partial charge is 0.128 e. The van der Waals surface area contributed by atoms with Crippen molar-refractivity contribution in [1.29, 1.82) is 0 Å². The van der Waals surface area contributed by atoms with Crippen LogP contribution in [-0.4, -0.2) is 36.7 Å². The fraction of sp³-hybridized carbons (Fsp3) is 0.600. The van der Waals surface area contributed by atoms with Gasteiger partial charge in [-0.3, -0.25) is 0 Å². The Morgan fingerprint density at radius 1 is 1.17 bits per heavy atom. The van der Waals surface area contributed by atoms with Crippen LogP contribution in [0.4, 0.5) is 8.78 Å². The van der Waals surface area contributed by atoms with Crippen molar-refractivity contribution >= 4 is 0 Å². The lowest BCUT2D eigenvalue weighted by atomic mass is 9.81. The highest BCUT2D eigenvalue weighted by Gasteiger charge is 2.31. The van der Waals surface area contributed by atoms with E-state index in [0.29, 0.717) is 13.0 Å². The van der Waals surface area contributed by atoms with E-state index >= 15 is 0 Å². The molecule has 1 unspecified atom stereocenters. The van der Waals surface area contributed by atoms with E-state index in [0.717, 1.165) is 5.57 Å². The van der Waals surface area contributed by atoms with Gasteiger partial charge in [0.25, 0.3) is 0 Å². The first-order valence-electron chi connectivity index (χ1n) is 8.38. The molecule has 0 spiro atoms. The van der Waals surface area contributed by atoms with E-state index in [1.807, 2.05) is 26.1 Å². The van der Waals surface area contributed by atoms with Crippen molar-refractivity contribution < 1.29 is 8.78 Å². The van der Waals surface area contributed by atoms with E-state index in [4.69, 9.17) is 0 Å². The van der Waals surface area contributed by atoms with E-state index in [-0.39, 0.29) is 24.2 Å². The molecule has 0 bridgehead atoms. The van der Waals surface area contributed by atoms with Gasteiger partial charge in [-0.15, -0.1) is 0 Å². The number of likely N-dealkylation sites (N-methyl/N-ethyl adjacent to an activating group) is 2. The van der Waals surface area contributed by atoms with Crippen LogP contribution in [0.2, 0.25) is 0 Å². The maximum atomic E-state index is 12.7. The summed E-state index contributed by atoms with van der Waals surface area (Å²) >= 11 is 0. The average molecular weight is 341 g/mol. The monoisotopic (exact) mass is 340 g/mol. The summed E-state index contributed by atoms with van der Waals surface area (Å²) in [7, 11) is 4.10. The molecule has 0 saturated heterocycles. The normalized spacial score (nSPS) is 15.6. The molecule has 4 heteroatoms. The van der Waals surface area contributed by atoms with Gasteiger partial charge >= 0.3 is 0 Å². The van der Waals surface area contributed by atoms with Gasteiger partial charge in [0, 0.05) is 27.1 Å². The van der Waals surface area contributed by atoms with Crippen LogP contribution in [-0.2, 0) is 0 Å². The molecule has 0 aliphatic rings. The van der Waals surface area contributed by atoms with Gasteiger partial charge in [-0.05, 0) is 25.7 Å². The lowest BCUT2D eigenvalue weighted by Crippen LogP contribution is -2.50. The van der Waals surface area contributed by atoms with Gasteiger partial charge in [0.1, 0.15) is 12.2 Å². The zero-order valence-electron chi connectivity index (χ0n) is 16.4.